The molecule has 1 rings (SSSR count). The first-order valence-corrected chi connectivity index (χ1v) is 6.12. The number of methoxy groups -OCH3 is 1. The van der Waals surface area contributed by atoms with Crippen LogP contribution in [0.25, 0.3) is 0 Å². The van der Waals surface area contributed by atoms with Crippen LogP contribution in [0.3, 0.4) is 0 Å². The smallest absolute Gasteiger partial charge is 0.119 e. The van der Waals surface area contributed by atoms with Crippen molar-refractivity contribution in [2.24, 2.45) is 5.73 Å². The van der Waals surface area contributed by atoms with Crippen LogP contribution in [0.4, 0.5) is 0 Å². The van der Waals surface area contributed by atoms with E-state index in [-0.39, 0.29) is 6.04 Å². The zero-order valence-electron chi connectivity index (χ0n) is 9.70. The van der Waals surface area contributed by atoms with Crippen molar-refractivity contribution in [3.63, 3.8) is 0 Å². The maximum absolute atomic E-state index is 5.97. The first-order chi connectivity index (χ1) is 7.67. The summed E-state index contributed by atoms with van der Waals surface area (Å²) >= 11 is 3.50. The molecule has 0 radical (unpaired) electrons. The Balaban J connectivity index is 2.64. The van der Waals surface area contributed by atoms with Gasteiger partial charge in [-0.3, -0.25) is 0 Å². The van der Waals surface area contributed by atoms with E-state index in [0.29, 0.717) is 13.2 Å². The number of hydrogen-bond acceptors (Lipinski definition) is 3. The lowest BCUT2D eigenvalue weighted by atomic mass is 10.1. The molecule has 2 N–H and O–H groups in total. The highest BCUT2D eigenvalue weighted by molar-refractivity contribution is 9.10. The number of ether oxygens (including phenoxy) is 2. The van der Waals surface area contributed by atoms with Crippen molar-refractivity contribution in [1.82, 2.24) is 0 Å². The summed E-state index contributed by atoms with van der Waals surface area (Å²) in [6.07, 6.45) is 0.776. The number of hydrogen-bond donors (Lipinski definition) is 1. The first-order valence-electron chi connectivity index (χ1n) is 5.33. The molecule has 0 bridgehead atoms. The minimum atomic E-state index is 0.0170. The van der Waals surface area contributed by atoms with Crippen molar-refractivity contribution in [3.8, 4) is 5.75 Å². The van der Waals surface area contributed by atoms with Gasteiger partial charge < -0.3 is 15.2 Å². The van der Waals surface area contributed by atoms with Gasteiger partial charge in [-0.1, -0.05) is 15.9 Å². The van der Waals surface area contributed by atoms with E-state index in [2.05, 4.69) is 15.9 Å². The molecule has 1 unspecified atom stereocenters. The van der Waals surface area contributed by atoms with Gasteiger partial charge in [0.25, 0.3) is 0 Å². The Bertz CT molecular complexity index is 331. The van der Waals surface area contributed by atoms with E-state index in [1.165, 1.54) is 0 Å². The van der Waals surface area contributed by atoms with Gasteiger partial charge in [0.15, 0.2) is 0 Å². The van der Waals surface area contributed by atoms with Gasteiger partial charge in [-0.15, -0.1) is 0 Å². The quantitative estimate of drug-likeness (QED) is 0.874. The highest BCUT2D eigenvalue weighted by Crippen LogP contribution is 2.23. The van der Waals surface area contributed by atoms with Crippen molar-refractivity contribution < 1.29 is 9.47 Å². The maximum Gasteiger partial charge on any atom is 0.119 e. The molecule has 0 aliphatic rings. The topological polar surface area (TPSA) is 44.5 Å². The summed E-state index contributed by atoms with van der Waals surface area (Å²) < 4.78 is 11.5. The molecule has 1 aromatic rings. The lowest BCUT2D eigenvalue weighted by Crippen LogP contribution is -2.28. The molecule has 0 heterocycles. The lowest BCUT2D eigenvalue weighted by molar-refractivity contribution is 0.133. The second-order valence-electron chi connectivity index (χ2n) is 3.58. The molecule has 1 aromatic carbocycles. The minimum absolute atomic E-state index is 0.0170. The van der Waals surface area contributed by atoms with Crippen LogP contribution in [-0.2, 0) is 11.2 Å². The molecule has 16 heavy (non-hydrogen) atoms. The minimum Gasteiger partial charge on any atom is -0.497 e. The van der Waals surface area contributed by atoms with Gasteiger partial charge in [0, 0.05) is 17.1 Å². The Morgan fingerprint density at radius 3 is 2.81 bits per heavy atom. The van der Waals surface area contributed by atoms with Crippen LogP contribution < -0.4 is 10.5 Å². The van der Waals surface area contributed by atoms with Crippen LogP contribution in [-0.4, -0.2) is 26.4 Å². The molecular formula is C12H18BrNO2. The first kappa shape index (κ1) is 13.5. The summed E-state index contributed by atoms with van der Waals surface area (Å²) in [6.45, 7) is 3.25. The molecule has 0 aromatic heterocycles. The fraction of sp³-hybridized carbons (Fsp3) is 0.500. The van der Waals surface area contributed by atoms with Gasteiger partial charge in [-0.2, -0.15) is 0 Å². The molecular weight excluding hydrogens is 270 g/mol. The Hall–Kier alpha value is -0.580. The Morgan fingerprint density at radius 1 is 1.44 bits per heavy atom. The van der Waals surface area contributed by atoms with Crippen LogP contribution >= 0.6 is 15.9 Å². The van der Waals surface area contributed by atoms with Gasteiger partial charge in [0.1, 0.15) is 5.75 Å². The predicted octanol–water partition coefficient (Wildman–Crippen LogP) is 2.36. The molecule has 0 spiro atoms. The Morgan fingerprint density at radius 2 is 2.19 bits per heavy atom. The molecule has 0 aliphatic carbocycles. The SMILES string of the molecule is CCOCC(N)Cc1cc(OC)ccc1Br. The van der Waals surface area contributed by atoms with Crippen LogP contribution in [0, 0.1) is 0 Å². The van der Waals surface area contributed by atoms with Gasteiger partial charge in [-0.05, 0) is 37.1 Å². The number of benzene rings is 1. The standard InChI is InChI=1S/C12H18BrNO2/c1-3-16-8-10(14)6-9-7-11(15-2)4-5-12(9)13/h4-5,7,10H,3,6,8,14H2,1-2H3. The maximum atomic E-state index is 5.97. The van der Waals surface area contributed by atoms with Crippen LogP contribution in [0.5, 0.6) is 5.75 Å². The largest absolute Gasteiger partial charge is 0.497 e. The third-order valence-corrected chi connectivity index (χ3v) is 3.04. The van der Waals surface area contributed by atoms with Gasteiger partial charge >= 0.3 is 0 Å². The van der Waals surface area contributed by atoms with E-state index in [1.807, 2.05) is 25.1 Å². The van der Waals surface area contributed by atoms with Crippen LogP contribution in [0.1, 0.15) is 12.5 Å². The van der Waals surface area contributed by atoms with Crippen molar-refractivity contribution in [3.05, 3.63) is 28.2 Å². The summed E-state index contributed by atoms with van der Waals surface area (Å²) in [7, 11) is 1.66. The number of rotatable bonds is 6. The third kappa shape index (κ3) is 4.12. The molecule has 0 saturated carbocycles. The highest BCUT2D eigenvalue weighted by atomic mass is 79.9. The van der Waals surface area contributed by atoms with Crippen molar-refractivity contribution in [1.29, 1.82) is 0 Å². The molecule has 1 atom stereocenters. The van der Waals surface area contributed by atoms with Gasteiger partial charge in [-0.25, -0.2) is 0 Å². The van der Waals surface area contributed by atoms with Crippen LogP contribution in [0.2, 0.25) is 0 Å². The molecule has 0 aliphatic heterocycles. The molecule has 0 fully saturated rings. The monoisotopic (exact) mass is 287 g/mol. The summed E-state index contributed by atoms with van der Waals surface area (Å²) in [5.41, 5.74) is 7.11. The summed E-state index contributed by atoms with van der Waals surface area (Å²) in [4.78, 5) is 0. The molecule has 0 amide bonds. The molecule has 3 nitrogen and oxygen atoms in total. The summed E-state index contributed by atoms with van der Waals surface area (Å²) in [6, 6.07) is 5.90. The van der Waals surface area contributed by atoms with E-state index in [9.17, 15) is 0 Å². The Labute approximate surface area is 105 Å². The molecule has 0 saturated heterocycles. The zero-order chi connectivity index (χ0) is 12.0. The third-order valence-electron chi connectivity index (χ3n) is 2.27. The summed E-state index contributed by atoms with van der Waals surface area (Å²) in [5.74, 6) is 0.849. The van der Waals surface area contributed by atoms with Crippen LogP contribution in [0.15, 0.2) is 22.7 Å². The second-order valence-corrected chi connectivity index (χ2v) is 4.44. The van der Waals surface area contributed by atoms with Gasteiger partial charge in [0.2, 0.25) is 0 Å². The van der Waals surface area contributed by atoms with E-state index in [0.717, 1.165) is 22.2 Å². The van der Waals surface area contributed by atoms with E-state index in [1.54, 1.807) is 7.11 Å². The molecule has 90 valence electrons. The van der Waals surface area contributed by atoms with E-state index in [4.69, 9.17) is 15.2 Å². The predicted molar refractivity (Wildman–Crippen MR) is 68.9 cm³/mol. The fourth-order valence-corrected chi connectivity index (χ4v) is 1.85. The average Bonchev–Trinajstić information content (AvgIpc) is 2.29. The van der Waals surface area contributed by atoms with Crippen molar-refractivity contribution in [2.75, 3.05) is 20.3 Å². The van der Waals surface area contributed by atoms with E-state index < -0.39 is 0 Å². The normalized spacial score (nSPS) is 12.5. The van der Waals surface area contributed by atoms with Gasteiger partial charge in [0.05, 0.1) is 13.7 Å². The van der Waals surface area contributed by atoms with E-state index >= 15 is 0 Å². The van der Waals surface area contributed by atoms with Crippen molar-refractivity contribution >= 4 is 15.9 Å². The molecule has 4 heteroatoms. The second kappa shape index (κ2) is 6.89. The lowest BCUT2D eigenvalue weighted by Gasteiger charge is -2.13. The fourth-order valence-electron chi connectivity index (χ4n) is 1.45. The van der Waals surface area contributed by atoms with Crippen molar-refractivity contribution in [2.45, 2.75) is 19.4 Å². The number of halogens is 1. The zero-order valence-corrected chi connectivity index (χ0v) is 11.3. The highest BCUT2D eigenvalue weighted by Gasteiger charge is 2.08. The average molecular weight is 288 g/mol. The number of nitrogens with two attached hydrogens (primary N) is 1. The summed E-state index contributed by atoms with van der Waals surface area (Å²) in [5, 5.41) is 0. The Kier molecular flexibility index (Phi) is 5.80.